The van der Waals surface area contributed by atoms with Crippen molar-refractivity contribution in [1.29, 1.82) is 0 Å². The molecule has 0 aliphatic carbocycles. The van der Waals surface area contributed by atoms with Gasteiger partial charge in [0.15, 0.2) is 23.1 Å². The van der Waals surface area contributed by atoms with Crippen LogP contribution in [0.4, 0.5) is 4.39 Å². The third kappa shape index (κ3) is 3.53. The maximum Gasteiger partial charge on any atom is 0.204 e. The molecule has 1 aliphatic rings. The molecular formula is C21H20FNO5. The van der Waals surface area contributed by atoms with Crippen LogP contribution in [0.3, 0.4) is 0 Å². The monoisotopic (exact) mass is 385 g/mol. The summed E-state index contributed by atoms with van der Waals surface area (Å²) in [6.07, 6.45) is 2.08. The van der Waals surface area contributed by atoms with Gasteiger partial charge in [-0.05, 0) is 30.7 Å². The zero-order valence-electron chi connectivity index (χ0n) is 15.4. The van der Waals surface area contributed by atoms with E-state index in [-0.39, 0.29) is 12.4 Å². The Morgan fingerprint density at radius 2 is 1.89 bits per heavy atom. The molecular weight excluding hydrogens is 365 g/mol. The van der Waals surface area contributed by atoms with Crippen molar-refractivity contribution >= 4 is 10.9 Å². The number of halogens is 1. The molecule has 0 saturated heterocycles. The summed E-state index contributed by atoms with van der Waals surface area (Å²) in [4.78, 5) is 4.38. The van der Waals surface area contributed by atoms with Crippen LogP contribution in [0.15, 0.2) is 36.5 Å². The van der Waals surface area contributed by atoms with Gasteiger partial charge in [0.05, 0.1) is 17.5 Å². The number of aromatic nitrogens is 1. The van der Waals surface area contributed by atoms with Crippen LogP contribution < -0.4 is 18.9 Å². The number of rotatable bonds is 6. The molecule has 6 nitrogen and oxygen atoms in total. The molecule has 0 amide bonds. The van der Waals surface area contributed by atoms with Crippen LogP contribution >= 0.6 is 0 Å². The summed E-state index contributed by atoms with van der Waals surface area (Å²) < 4.78 is 37.5. The van der Waals surface area contributed by atoms with E-state index < -0.39 is 5.82 Å². The van der Waals surface area contributed by atoms with Crippen molar-refractivity contribution in [2.24, 2.45) is 0 Å². The topological polar surface area (TPSA) is 70.0 Å². The Labute approximate surface area is 161 Å². The second kappa shape index (κ2) is 7.90. The number of fused-ring (bicyclic) bond motifs is 3. The van der Waals surface area contributed by atoms with Crippen LogP contribution in [0.25, 0.3) is 10.9 Å². The normalized spacial score (nSPS) is 12.8. The highest BCUT2D eigenvalue weighted by Crippen LogP contribution is 2.48. The van der Waals surface area contributed by atoms with Crippen LogP contribution in [-0.2, 0) is 0 Å². The van der Waals surface area contributed by atoms with E-state index in [1.54, 1.807) is 30.5 Å². The summed E-state index contributed by atoms with van der Waals surface area (Å²) >= 11 is 0. The smallest absolute Gasteiger partial charge is 0.204 e. The van der Waals surface area contributed by atoms with Gasteiger partial charge in [0.2, 0.25) is 5.75 Å². The molecule has 146 valence electrons. The summed E-state index contributed by atoms with van der Waals surface area (Å²) in [7, 11) is 0. The zero-order valence-corrected chi connectivity index (χ0v) is 15.4. The Hall–Kier alpha value is -3.06. The molecule has 2 heterocycles. The standard InChI is InChI=1S/C21H20FNO5/c1-13-3-4-16(14(22)11-13)28-17-5-6-23-15-12-18(25-8-2-7-24)20-21(19(15)17)27-10-9-26-20/h3-6,11-12,24H,2,7-10H2,1H3. The Bertz CT molecular complexity index is 1010. The van der Waals surface area contributed by atoms with Gasteiger partial charge >= 0.3 is 0 Å². The Kier molecular flexibility index (Phi) is 5.16. The van der Waals surface area contributed by atoms with Gasteiger partial charge in [-0.15, -0.1) is 0 Å². The minimum atomic E-state index is -0.444. The third-order valence-electron chi connectivity index (χ3n) is 4.31. The van der Waals surface area contributed by atoms with E-state index in [1.165, 1.54) is 6.07 Å². The molecule has 4 rings (SSSR count). The summed E-state index contributed by atoms with van der Waals surface area (Å²) in [5.74, 6) is 1.49. The summed E-state index contributed by atoms with van der Waals surface area (Å²) in [5, 5.41) is 9.56. The number of ether oxygens (including phenoxy) is 4. The summed E-state index contributed by atoms with van der Waals surface area (Å²) in [6.45, 7) is 2.94. The maximum absolute atomic E-state index is 14.3. The largest absolute Gasteiger partial charge is 0.489 e. The average molecular weight is 385 g/mol. The van der Waals surface area contributed by atoms with E-state index in [4.69, 9.17) is 24.1 Å². The van der Waals surface area contributed by atoms with E-state index in [1.807, 2.05) is 6.92 Å². The van der Waals surface area contributed by atoms with Crippen molar-refractivity contribution in [3.63, 3.8) is 0 Å². The van der Waals surface area contributed by atoms with E-state index in [0.717, 1.165) is 5.56 Å². The number of pyridine rings is 1. The van der Waals surface area contributed by atoms with Crippen LogP contribution in [0.1, 0.15) is 12.0 Å². The lowest BCUT2D eigenvalue weighted by Gasteiger charge is -2.23. The first kappa shape index (κ1) is 18.3. The third-order valence-corrected chi connectivity index (χ3v) is 4.31. The molecule has 2 aromatic carbocycles. The van der Waals surface area contributed by atoms with Gasteiger partial charge in [0.1, 0.15) is 19.0 Å². The number of nitrogens with zero attached hydrogens (tertiary/aromatic N) is 1. The highest BCUT2D eigenvalue weighted by atomic mass is 19.1. The second-order valence-corrected chi connectivity index (χ2v) is 6.39. The molecule has 1 aliphatic heterocycles. The van der Waals surface area contributed by atoms with Gasteiger partial charge in [-0.3, -0.25) is 4.98 Å². The fourth-order valence-corrected chi connectivity index (χ4v) is 3.02. The fourth-order valence-electron chi connectivity index (χ4n) is 3.02. The molecule has 7 heteroatoms. The van der Waals surface area contributed by atoms with Crippen LogP contribution in [-0.4, -0.2) is 36.5 Å². The van der Waals surface area contributed by atoms with Crippen molar-refractivity contribution in [3.05, 3.63) is 47.9 Å². The predicted molar refractivity (Wildman–Crippen MR) is 101 cm³/mol. The molecule has 3 aromatic rings. The average Bonchev–Trinajstić information content (AvgIpc) is 2.70. The van der Waals surface area contributed by atoms with Crippen molar-refractivity contribution < 1.29 is 28.4 Å². The molecule has 0 saturated carbocycles. The molecule has 1 N–H and O–H groups in total. The van der Waals surface area contributed by atoms with Crippen molar-refractivity contribution in [1.82, 2.24) is 4.98 Å². The number of hydrogen-bond donors (Lipinski definition) is 1. The lowest BCUT2D eigenvalue weighted by atomic mass is 10.1. The molecule has 0 atom stereocenters. The van der Waals surface area contributed by atoms with E-state index >= 15 is 0 Å². The highest BCUT2D eigenvalue weighted by molar-refractivity contribution is 5.95. The van der Waals surface area contributed by atoms with Crippen molar-refractivity contribution in [3.8, 4) is 28.7 Å². The van der Waals surface area contributed by atoms with E-state index in [2.05, 4.69) is 4.98 Å². The number of hydrogen-bond acceptors (Lipinski definition) is 6. The second-order valence-electron chi connectivity index (χ2n) is 6.39. The molecule has 0 spiro atoms. The zero-order chi connectivity index (χ0) is 19.5. The summed E-state index contributed by atoms with van der Waals surface area (Å²) in [5.41, 5.74) is 1.39. The van der Waals surface area contributed by atoms with Gasteiger partial charge < -0.3 is 24.1 Å². The van der Waals surface area contributed by atoms with Crippen LogP contribution in [0.5, 0.6) is 28.7 Å². The highest BCUT2D eigenvalue weighted by Gasteiger charge is 2.24. The molecule has 1 aromatic heterocycles. The van der Waals surface area contributed by atoms with Gasteiger partial charge in [-0.1, -0.05) is 6.07 Å². The first-order chi connectivity index (χ1) is 13.7. The van der Waals surface area contributed by atoms with Crippen molar-refractivity contribution in [2.75, 3.05) is 26.4 Å². The Morgan fingerprint density at radius 1 is 1.07 bits per heavy atom. The Balaban J connectivity index is 1.80. The minimum absolute atomic E-state index is 0.0332. The fraction of sp³-hybridized carbons (Fsp3) is 0.286. The lowest BCUT2D eigenvalue weighted by molar-refractivity contribution is 0.161. The first-order valence-electron chi connectivity index (χ1n) is 9.06. The van der Waals surface area contributed by atoms with Gasteiger partial charge in [0.25, 0.3) is 0 Å². The quantitative estimate of drug-likeness (QED) is 0.647. The maximum atomic E-state index is 14.3. The molecule has 28 heavy (non-hydrogen) atoms. The molecule has 0 unspecified atom stereocenters. The van der Waals surface area contributed by atoms with E-state index in [0.29, 0.717) is 60.1 Å². The van der Waals surface area contributed by atoms with Gasteiger partial charge in [-0.2, -0.15) is 0 Å². The van der Waals surface area contributed by atoms with E-state index in [9.17, 15) is 4.39 Å². The summed E-state index contributed by atoms with van der Waals surface area (Å²) in [6, 6.07) is 8.18. The first-order valence-corrected chi connectivity index (χ1v) is 9.06. The number of aliphatic hydroxyl groups is 1. The number of benzene rings is 2. The number of aryl methyl sites for hydroxylation is 1. The van der Waals surface area contributed by atoms with Crippen molar-refractivity contribution in [2.45, 2.75) is 13.3 Å². The SMILES string of the molecule is Cc1ccc(Oc2ccnc3cc(OCCCO)c4c(c23)OCCO4)c(F)c1. The van der Waals surface area contributed by atoms with Gasteiger partial charge in [-0.25, -0.2) is 4.39 Å². The van der Waals surface area contributed by atoms with Gasteiger partial charge in [0, 0.05) is 25.3 Å². The lowest BCUT2D eigenvalue weighted by Crippen LogP contribution is -2.17. The molecule has 0 bridgehead atoms. The number of aliphatic hydroxyl groups excluding tert-OH is 1. The molecule has 0 radical (unpaired) electrons. The molecule has 0 fully saturated rings. The predicted octanol–water partition coefficient (Wildman–Crippen LogP) is 4.01. The van der Waals surface area contributed by atoms with Crippen LogP contribution in [0, 0.1) is 12.7 Å². The minimum Gasteiger partial charge on any atom is -0.489 e. The Morgan fingerprint density at radius 3 is 2.68 bits per heavy atom. The van der Waals surface area contributed by atoms with Crippen LogP contribution in [0.2, 0.25) is 0 Å².